The summed E-state index contributed by atoms with van der Waals surface area (Å²) in [6.45, 7) is 9.47. The molecule has 8 nitrogen and oxygen atoms in total. The van der Waals surface area contributed by atoms with Gasteiger partial charge in [-0.15, -0.1) is 20.4 Å². The van der Waals surface area contributed by atoms with Gasteiger partial charge in [-0.25, -0.2) is 0 Å². The Bertz CT molecular complexity index is 839. The third-order valence-corrected chi connectivity index (χ3v) is 4.47. The predicted octanol–water partition coefficient (Wildman–Crippen LogP) is 3.63. The molecule has 26 heavy (non-hydrogen) atoms. The first-order chi connectivity index (χ1) is 12.6. The van der Waals surface area contributed by atoms with Crippen molar-refractivity contribution in [1.82, 2.24) is 30.0 Å². The molecule has 0 amide bonds. The molecule has 0 fully saturated rings. The fourth-order valence-electron chi connectivity index (χ4n) is 2.77. The highest BCUT2D eigenvalue weighted by Gasteiger charge is 2.16. The van der Waals surface area contributed by atoms with E-state index in [1.807, 2.05) is 18.2 Å². The molecule has 138 valence electrons. The van der Waals surface area contributed by atoms with Crippen LogP contribution >= 0.6 is 0 Å². The Morgan fingerprint density at radius 3 is 2.54 bits per heavy atom. The zero-order chi connectivity index (χ0) is 18.5. The molecule has 2 N–H and O–H groups in total. The van der Waals surface area contributed by atoms with Gasteiger partial charge in [0, 0.05) is 24.7 Å². The van der Waals surface area contributed by atoms with Crippen LogP contribution in [0, 0.1) is 5.92 Å². The Labute approximate surface area is 153 Å². The lowest BCUT2D eigenvalue weighted by Crippen LogP contribution is -2.15. The summed E-state index contributed by atoms with van der Waals surface area (Å²) in [7, 11) is 0. The molecule has 0 saturated heterocycles. The van der Waals surface area contributed by atoms with E-state index in [1.165, 1.54) is 0 Å². The average molecular weight is 354 g/mol. The van der Waals surface area contributed by atoms with Crippen LogP contribution in [0.5, 0.6) is 0 Å². The van der Waals surface area contributed by atoms with E-state index in [1.54, 1.807) is 10.7 Å². The van der Waals surface area contributed by atoms with Gasteiger partial charge in [0.25, 0.3) is 0 Å². The normalized spacial score (nSPS) is 11.5. The summed E-state index contributed by atoms with van der Waals surface area (Å²) < 4.78 is 1.80. The van der Waals surface area contributed by atoms with E-state index < -0.39 is 0 Å². The van der Waals surface area contributed by atoms with Gasteiger partial charge in [-0.1, -0.05) is 40.5 Å². The molecule has 3 rings (SSSR count). The summed E-state index contributed by atoms with van der Waals surface area (Å²) in [5.74, 6) is 3.11. The molecule has 0 spiro atoms. The monoisotopic (exact) mass is 354 g/mol. The summed E-state index contributed by atoms with van der Waals surface area (Å²) >= 11 is 0. The van der Waals surface area contributed by atoms with Gasteiger partial charge in [0.1, 0.15) is 5.82 Å². The quantitative estimate of drug-likeness (QED) is 0.638. The molecule has 0 radical (unpaired) electrons. The van der Waals surface area contributed by atoms with Gasteiger partial charge in [-0.05, 0) is 18.1 Å². The maximum Gasteiger partial charge on any atom is 0.201 e. The van der Waals surface area contributed by atoms with Crippen LogP contribution in [0.3, 0.4) is 0 Å². The van der Waals surface area contributed by atoms with Crippen molar-refractivity contribution in [2.24, 2.45) is 5.92 Å². The number of hydrogen-bond donors (Lipinski definition) is 2. The molecule has 0 unspecified atom stereocenters. The second-order valence-electron chi connectivity index (χ2n) is 6.69. The summed E-state index contributed by atoms with van der Waals surface area (Å²) in [5, 5.41) is 28.1. The summed E-state index contributed by atoms with van der Waals surface area (Å²) in [5.41, 5.74) is 1.47. The van der Waals surface area contributed by atoms with Crippen LogP contribution in [0.2, 0.25) is 0 Å². The third kappa shape index (κ3) is 3.89. The van der Waals surface area contributed by atoms with Gasteiger partial charge < -0.3 is 10.6 Å². The topological polar surface area (TPSA) is 92.9 Å². The number of nitrogens with zero attached hydrogens (tertiary/aromatic N) is 6. The number of rotatable bonds is 8. The lowest BCUT2D eigenvalue weighted by Gasteiger charge is -2.15. The molecule has 0 aliphatic rings. The van der Waals surface area contributed by atoms with Gasteiger partial charge >= 0.3 is 0 Å². The van der Waals surface area contributed by atoms with Crippen molar-refractivity contribution in [2.75, 3.05) is 17.2 Å². The molecule has 0 atom stereocenters. The van der Waals surface area contributed by atoms with Crippen LogP contribution in [0.4, 0.5) is 17.3 Å². The number of anilines is 3. The molecule has 0 aliphatic heterocycles. The standard InChI is InChI=1S/C18H26N8/c1-5-13(6-2)11-19-16-10-14(21-15-8-7-9-20-22-15)18-24-23-17(12(3)4)26(18)25-16/h7-10,12-13H,5-6,11H2,1-4H3,(H,19,25)(H,21,22). The Hall–Kier alpha value is -2.77. The molecular weight excluding hydrogens is 328 g/mol. The van der Waals surface area contributed by atoms with Crippen molar-refractivity contribution in [2.45, 2.75) is 46.5 Å². The Morgan fingerprint density at radius 1 is 1.08 bits per heavy atom. The molecule has 3 aromatic rings. The van der Waals surface area contributed by atoms with E-state index in [0.717, 1.165) is 36.7 Å². The molecule has 3 aromatic heterocycles. The van der Waals surface area contributed by atoms with Crippen LogP contribution in [-0.4, -0.2) is 36.6 Å². The van der Waals surface area contributed by atoms with E-state index in [4.69, 9.17) is 5.10 Å². The molecule has 0 aromatic carbocycles. The van der Waals surface area contributed by atoms with Crippen molar-refractivity contribution < 1.29 is 0 Å². The first kappa shape index (κ1) is 18.0. The Kier molecular flexibility index (Phi) is 5.60. The maximum atomic E-state index is 4.70. The van der Waals surface area contributed by atoms with Crippen molar-refractivity contribution >= 4 is 23.0 Å². The SMILES string of the molecule is CCC(CC)CNc1cc(Nc2cccnn2)c2nnc(C(C)C)n2n1. The van der Waals surface area contributed by atoms with Crippen LogP contribution < -0.4 is 10.6 Å². The van der Waals surface area contributed by atoms with Crippen molar-refractivity contribution in [1.29, 1.82) is 0 Å². The molecule has 0 bridgehead atoms. The first-order valence-corrected chi connectivity index (χ1v) is 9.17. The van der Waals surface area contributed by atoms with Crippen molar-refractivity contribution in [3.63, 3.8) is 0 Å². The minimum Gasteiger partial charge on any atom is -0.368 e. The van der Waals surface area contributed by atoms with Crippen LogP contribution in [-0.2, 0) is 0 Å². The number of fused-ring (bicyclic) bond motifs is 1. The maximum absolute atomic E-state index is 4.70. The molecule has 0 saturated carbocycles. The van der Waals surface area contributed by atoms with Gasteiger partial charge in [-0.3, -0.25) is 0 Å². The first-order valence-electron chi connectivity index (χ1n) is 9.17. The number of hydrogen-bond acceptors (Lipinski definition) is 7. The molecule has 8 heteroatoms. The largest absolute Gasteiger partial charge is 0.368 e. The highest BCUT2D eigenvalue weighted by atomic mass is 15.4. The van der Waals surface area contributed by atoms with Crippen LogP contribution in [0.25, 0.3) is 5.65 Å². The molecule has 3 heterocycles. The second-order valence-corrected chi connectivity index (χ2v) is 6.69. The fraction of sp³-hybridized carbons (Fsp3) is 0.500. The lowest BCUT2D eigenvalue weighted by atomic mass is 10.0. The van der Waals surface area contributed by atoms with Crippen molar-refractivity contribution in [3.05, 3.63) is 30.2 Å². The highest BCUT2D eigenvalue weighted by Crippen LogP contribution is 2.24. The van der Waals surface area contributed by atoms with Crippen molar-refractivity contribution in [3.8, 4) is 0 Å². The molecular formula is C18H26N8. The van der Waals surface area contributed by atoms with E-state index in [-0.39, 0.29) is 5.92 Å². The Balaban J connectivity index is 1.98. The zero-order valence-electron chi connectivity index (χ0n) is 15.8. The summed E-state index contributed by atoms with van der Waals surface area (Å²) in [6.07, 6.45) is 3.92. The van der Waals surface area contributed by atoms with E-state index in [0.29, 0.717) is 17.4 Å². The fourth-order valence-corrected chi connectivity index (χ4v) is 2.77. The second kappa shape index (κ2) is 8.07. The minimum absolute atomic E-state index is 0.219. The Morgan fingerprint density at radius 2 is 1.88 bits per heavy atom. The predicted molar refractivity (Wildman–Crippen MR) is 103 cm³/mol. The van der Waals surface area contributed by atoms with Gasteiger partial charge in [0.05, 0.1) is 5.69 Å². The van der Waals surface area contributed by atoms with E-state index in [9.17, 15) is 0 Å². The van der Waals surface area contributed by atoms with Crippen LogP contribution in [0.15, 0.2) is 24.4 Å². The third-order valence-electron chi connectivity index (χ3n) is 4.47. The van der Waals surface area contributed by atoms with Gasteiger partial charge in [0.2, 0.25) is 5.65 Å². The highest BCUT2D eigenvalue weighted by molar-refractivity contribution is 5.74. The van der Waals surface area contributed by atoms with E-state index in [2.05, 4.69) is 58.7 Å². The van der Waals surface area contributed by atoms with Crippen LogP contribution in [0.1, 0.15) is 52.3 Å². The van der Waals surface area contributed by atoms with Gasteiger partial charge in [0.15, 0.2) is 11.6 Å². The average Bonchev–Trinajstić information content (AvgIpc) is 3.08. The van der Waals surface area contributed by atoms with E-state index >= 15 is 0 Å². The number of aromatic nitrogens is 6. The lowest BCUT2D eigenvalue weighted by molar-refractivity contribution is 0.518. The van der Waals surface area contributed by atoms with Gasteiger partial charge in [-0.2, -0.15) is 9.61 Å². The zero-order valence-corrected chi connectivity index (χ0v) is 15.8. The minimum atomic E-state index is 0.219. The molecule has 0 aliphatic carbocycles. The summed E-state index contributed by atoms with van der Waals surface area (Å²) in [6, 6.07) is 5.65. The summed E-state index contributed by atoms with van der Waals surface area (Å²) in [4.78, 5) is 0. The smallest absolute Gasteiger partial charge is 0.201 e. The number of nitrogens with one attached hydrogen (secondary N) is 2.